The van der Waals surface area contributed by atoms with Crippen LogP contribution in [0.15, 0.2) is 35.4 Å². The number of carbonyl (C=O) groups excluding carboxylic acids is 1. The summed E-state index contributed by atoms with van der Waals surface area (Å²) >= 11 is 0. The van der Waals surface area contributed by atoms with Crippen molar-refractivity contribution in [2.24, 2.45) is 5.10 Å². The van der Waals surface area contributed by atoms with E-state index in [9.17, 15) is 9.90 Å². The molecule has 0 aliphatic heterocycles. The average molecular weight is 425 g/mol. The SMILES string of the molecule is CCc1cc(C)cc(OCC(=O)N/N=C\c2cc(C(C)(C)C)c(O)c(C(C)(C)C)c2)c1. The van der Waals surface area contributed by atoms with E-state index in [1.54, 1.807) is 6.21 Å². The molecule has 0 fully saturated rings. The molecule has 0 saturated heterocycles. The molecule has 31 heavy (non-hydrogen) atoms. The van der Waals surface area contributed by atoms with Crippen molar-refractivity contribution < 1.29 is 14.6 Å². The van der Waals surface area contributed by atoms with Gasteiger partial charge in [0, 0.05) is 11.1 Å². The van der Waals surface area contributed by atoms with Crippen LogP contribution in [0.3, 0.4) is 0 Å². The minimum Gasteiger partial charge on any atom is -0.507 e. The van der Waals surface area contributed by atoms with Gasteiger partial charge in [-0.25, -0.2) is 5.43 Å². The van der Waals surface area contributed by atoms with Crippen molar-refractivity contribution in [3.05, 3.63) is 58.1 Å². The number of rotatable bonds is 6. The average Bonchev–Trinajstić information content (AvgIpc) is 2.65. The maximum atomic E-state index is 12.2. The maximum absolute atomic E-state index is 12.2. The summed E-state index contributed by atoms with van der Waals surface area (Å²) in [4.78, 5) is 12.2. The topological polar surface area (TPSA) is 70.9 Å². The second-order valence-electron chi connectivity index (χ2n) is 10.1. The molecule has 0 aliphatic carbocycles. The molecule has 5 nitrogen and oxygen atoms in total. The zero-order chi connectivity index (χ0) is 23.4. The first kappa shape index (κ1) is 24.4. The molecule has 0 radical (unpaired) electrons. The van der Waals surface area contributed by atoms with Gasteiger partial charge in [0.1, 0.15) is 11.5 Å². The van der Waals surface area contributed by atoms with Gasteiger partial charge in [0.05, 0.1) is 6.21 Å². The summed E-state index contributed by atoms with van der Waals surface area (Å²) in [6, 6.07) is 9.79. The molecule has 1 amide bonds. The fourth-order valence-electron chi connectivity index (χ4n) is 3.35. The van der Waals surface area contributed by atoms with E-state index in [0.29, 0.717) is 11.5 Å². The van der Waals surface area contributed by atoms with E-state index in [1.807, 2.05) is 31.2 Å². The van der Waals surface area contributed by atoms with E-state index in [-0.39, 0.29) is 23.3 Å². The standard InChI is InChI=1S/C26H36N2O3/c1-9-18-10-17(2)11-20(12-18)31-16-23(29)28-27-15-19-13-21(25(3,4)5)24(30)22(14-19)26(6,7)8/h10-15,30H,9,16H2,1-8H3,(H,28,29)/b27-15-. The third-order valence-electron chi connectivity index (χ3n) is 5.04. The third-order valence-corrected chi connectivity index (χ3v) is 5.04. The first-order valence-corrected chi connectivity index (χ1v) is 10.7. The van der Waals surface area contributed by atoms with Crippen LogP contribution in [0, 0.1) is 6.92 Å². The van der Waals surface area contributed by atoms with E-state index in [0.717, 1.165) is 28.7 Å². The predicted octanol–water partition coefficient (Wildman–Crippen LogP) is 5.39. The van der Waals surface area contributed by atoms with Crippen LogP contribution in [-0.4, -0.2) is 23.8 Å². The Bertz CT molecular complexity index is 929. The second-order valence-corrected chi connectivity index (χ2v) is 10.1. The van der Waals surface area contributed by atoms with Crippen LogP contribution >= 0.6 is 0 Å². The molecular formula is C26H36N2O3. The lowest BCUT2D eigenvalue weighted by atomic mass is 9.78. The van der Waals surface area contributed by atoms with Gasteiger partial charge >= 0.3 is 0 Å². The molecule has 168 valence electrons. The van der Waals surface area contributed by atoms with Crippen LogP contribution in [0.2, 0.25) is 0 Å². The number of nitrogens with zero attached hydrogens (tertiary/aromatic N) is 1. The van der Waals surface area contributed by atoms with Crippen molar-refractivity contribution in [1.29, 1.82) is 0 Å². The van der Waals surface area contributed by atoms with Crippen LogP contribution in [0.1, 0.15) is 76.3 Å². The van der Waals surface area contributed by atoms with Crippen molar-refractivity contribution >= 4 is 12.1 Å². The number of amides is 1. The molecule has 0 unspecified atom stereocenters. The monoisotopic (exact) mass is 424 g/mol. The molecule has 2 rings (SSSR count). The van der Waals surface area contributed by atoms with Gasteiger partial charge in [-0.05, 0) is 65.1 Å². The van der Waals surface area contributed by atoms with Gasteiger partial charge in [0.2, 0.25) is 0 Å². The third kappa shape index (κ3) is 6.84. The quantitative estimate of drug-likeness (QED) is 0.483. The van der Waals surface area contributed by atoms with Crippen LogP contribution in [0.5, 0.6) is 11.5 Å². The van der Waals surface area contributed by atoms with Crippen molar-refractivity contribution in [1.82, 2.24) is 5.43 Å². The Hall–Kier alpha value is -2.82. The molecule has 0 atom stereocenters. The number of aromatic hydroxyl groups is 1. The number of hydrogen-bond acceptors (Lipinski definition) is 4. The lowest BCUT2D eigenvalue weighted by Gasteiger charge is -2.27. The van der Waals surface area contributed by atoms with E-state index < -0.39 is 0 Å². The lowest BCUT2D eigenvalue weighted by Crippen LogP contribution is -2.24. The van der Waals surface area contributed by atoms with E-state index in [4.69, 9.17) is 4.74 Å². The van der Waals surface area contributed by atoms with Gasteiger partial charge in [0.15, 0.2) is 6.61 Å². The highest BCUT2D eigenvalue weighted by Gasteiger charge is 2.26. The van der Waals surface area contributed by atoms with E-state index in [1.165, 1.54) is 5.56 Å². The fourth-order valence-corrected chi connectivity index (χ4v) is 3.35. The number of nitrogens with one attached hydrogen (secondary N) is 1. The fraction of sp³-hybridized carbons (Fsp3) is 0.462. The van der Waals surface area contributed by atoms with E-state index >= 15 is 0 Å². The van der Waals surface area contributed by atoms with Gasteiger partial charge in [-0.3, -0.25) is 4.79 Å². The first-order valence-electron chi connectivity index (χ1n) is 10.7. The Balaban J connectivity index is 2.11. The number of hydrazone groups is 1. The Kier molecular flexibility index (Phi) is 7.53. The number of carbonyl (C=O) groups is 1. The van der Waals surface area contributed by atoms with E-state index in [2.05, 4.69) is 65.1 Å². The largest absolute Gasteiger partial charge is 0.507 e. The maximum Gasteiger partial charge on any atom is 0.277 e. The molecule has 0 bridgehead atoms. The Labute approximate surface area is 186 Å². The Morgan fingerprint density at radius 2 is 1.61 bits per heavy atom. The molecule has 0 heterocycles. The smallest absolute Gasteiger partial charge is 0.277 e. The Morgan fingerprint density at radius 3 is 2.13 bits per heavy atom. The minimum absolute atomic E-state index is 0.111. The highest BCUT2D eigenvalue weighted by molar-refractivity contribution is 5.84. The predicted molar refractivity (Wildman–Crippen MR) is 127 cm³/mol. The van der Waals surface area contributed by atoms with Gasteiger partial charge in [-0.2, -0.15) is 5.10 Å². The molecule has 5 heteroatoms. The minimum atomic E-state index is -0.332. The van der Waals surface area contributed by atoms with Crippen LogP contribution in [0.4, 0.5) is 0 Å². The number of aryl methyl sites for hydroxylation is 2. The zero-order valence-electron chi connectivity index (χ0n) is 20.1. The van der Waals surface area contributed by atoms with Crippen LogP contribution in [-0.2, 0) is 22.0 Å². The number of benzene rings is 2. The van der Waals surface area contributed by atoms with Gasteiger partial charge in [0.25, 0.3) is 5.91 Å². The molecule has 2 aromatic rings. The van der Waals surface area contributed by atoms with Gasteiger partial charge in [-0.1, -0.05) is 54.5 Å². The molecule has 0 saturated carbocycles. The van der Waals surface area contributed by atoms with Crippen molar-refractivity contribution in [2.45, 2.75) is 72.6 Å². The summed E-state index contributed by atoms with van der Waals surface area (Å²) in [6.45, 7) is 16.3. The molecule has 0 aliphatic rings. The summed E-state index contributed by atoms with van der Waals surface area (Å²) in [5, 5.41) is 14.9. The highest BCUT2D eigenvalue weighted by Crippen LogP contribution is 2.39. The Morgan fingerprint density at radius 1 is 1.03 bits per heavy atom. The van der Waals surface area contributed by atoms with Crippen molar-refractivity contribution in [3.8, 4) is 11.5 Å². The highest BCUT2D eigenvalue weighted by atomic mass is 16.5. The van der Waals surface area contributed by atoms with Crippen molar-refractivity contribution in [3.63, 3.8) is 0 Å². The zero-order valence-corrected chi connectivity index (χ0v) is 20.1. The first-order chi connectivity index (χ1) is 14.3. The summed E-state index contributed by atoms with van der Waals surface area (Å²) in [5.41, 5.74) is 6.86. The molecule has 2 aromatic carbocycles. The normalized spacial score (nSPS) is 12.3. The molecule has 2 N–H and O–H groups in total. The summed E-state index contributed by atoms with van der Waals surface area (Å²) in [6.07, 6.45) is 2.51. The number of ether oxygens (including phenoxy) is 1. The van der Waals surface area contributed by atoms with Gasteiger partial charge in [-0.15, -0.1) is 0 Å². The number of hydrogen-bond donors (Lipinski definition) is 2. The molecule has 0 aromatic heterocycles. The number of phenolic OH excluding ortho intramolecular Hbond substituents is 1. The number of phenols is 1. The van der Waals surface area contributed by atoms with Crippen LogP contribution < -0.4 is 10.2 Å². The summed E-state index contributed by atoms with van der Waals surface area (Å²) in [7, 11) is 0. The van der Waals surface area contributed by atoms with Crippen molar-refractivity contribution in [2.75, 3.05) is 6.61 Å². The van der Waals surface area contributed by atoms with Gasteiger partial charge < -0.3 is 9.84 Å². The lowest BCUT2D eigenvalue weighted by molar-refractivity contribution is -0.123. The van der Waals surface area contributed by atoms with Crippen LogP contribution in [0.25, 0.3) is 0 Å². The second kappa shape index (κ2) is 9.54. The molecular weight excluding hydrogens is 388 g/mol. The molecule has 0 spiro atoms. The summed E-state index contributed by atoms with van der Waals surface area (Å²) in [5.74, 6) is 0.667. The summed E-state index contributed by atoms with van der Waals surface area (Å²) < 4.78 is 5.62.